The van der Waals surface area contributed by atoms with Crippen LogP contribution in [0.3, 0.4) is 0 Å². The Morgan fingerprint density at radius 1 is 1.17 bits per heavy atom. The second-order valence-corrected chi connectivity index (χ2v) is 9.94. The molecule has 1 saturated heterocycles. The number of aliphatic carboxylic acids is 1. The highest BCUT2D eigenvalue weighted by atomic mass is 32.2. The summed E-state index contributed by atoms with van der Waals surface area (Å²) in [7, 11) is 1.65. The summed E-state index contributed by atoms with van der Waals surface area (Å²) in [5.74, 6) is 1.21. The molecule has 2 aromatic rings. The third kappa shape index (κ3) is 6.84. The van der Waals surface area contributed by atoms with Crippen molar-refractivity contribution in [2.75, 3.05) is 56.7 Å². The van der Waals surface area contributed by atoms with Gasteiger partial charge < -0.3 is 15.2 Å². The number of amides is 1. The molecule has 2 N–H and O–H groups in total. The van der Waals surface area contributed by atoms with E-state index < -0.39 is 5.97 Å². The average molecular weight is 497 g/mol. The molecular weight excluding hydrogens is 464 g/mol. The van der Waals surface area contributed by atoms with Gasteiger partial charge in [0.15, 0.2) is 0 Å². The lowest BCUT2D eigenvalue weighted by atomic mass is 9.90. The fourth-order valence-electron chi connectivity index (χ4n) is 4.51. The Morgan fingerprint density at radius 3 is 2.66 bits per heavy atom. The first-order valence-corrected chi connectivity index (χ1v) is 13.0. The molecule has 0 bridgehead atoms. The lowest BCUT2D eigenvalue weighted by molar-refractivity contribution is -0.139. The predicted octanol–water partition coefficient (Wildman–Crippen LogP) is 3.34. The molecule has 1 fully saturated rings. The van der Waals surface area contributed by atoms with E-state index in [0.29, 0.717) is 18.7 Å². The van der Waals surface area contributed by atoms with Gasteiger partial charge in [-0.2, -0.15) is 16.9 Å². The summed E-state index contributed by atoms with van der Waals surface area (Å²) < 4.78 is 5.25. The van der Waals surface area contributed by atoms with Crippen molar-refractivity contribution in [3.63, 3.8) is 0 Å². The van der Waals surface area contributed by atoms with Gasteiger partial charge in [-0.3, -0.25) is 19.5 Å². The molecule has 2 aromatic carbocycles. The van der Waals surface area contributed by atoms with Gasteiger partial charge in [0.25, 0.3) is 5.91 Å². The molecule has 0 aliphatic carbocycles. The number of hydrogen-bond donors (Lipinski definition) is 2. The number of carbonyl (C=O) groups excluding carboxylic acids is 1. The third-order valence-corrected chi connectivity index (χ3v) is 7.28. The molecule has 186 valence electrons. The van der Waals surface area contributed by atoms with Crippen LogP contribution < -0.4 is 5.32 Å². The van der Waals surface area contributed by atoms with E-state index in [1.165, 1.54) is 0 Å². The standard InChI is InChI=1S/C26H32N4O4S/c1-34-13-9-24-23-7-6-22(16-21(23)8-10-29(24)18-25(31)32)28-26(33)20-4-2-19(3-5-20)17-27-30-11-14-35-15-12-30/h2-7,16-17,24H,8-15,18H2,1H3,(H,28,33)(H,31,32). The second-order valence-electron chi connectivity index (χ2n) is 8.71. The van der Waals surface area contributed by atoms with Crippen LogP contribution in [0.1, 0.15) is 39.5 Å². The number of nitrogens with one attached hydrogen (secondary N) is 1. The van der Waals surface area contributed by atoms with Gasteiger partial charge in [0, 0.05) is 62.1 Å². The molecule has 0 spiro atoms. The smallest absolute Gasteiger partial charge is 0.317 e. The molecule has 1 amide bonds. The lowest BCUT2D eigenvalue weighted by Crippen LogP contribution is -2.39. The van der Waals surface area contributed by atoms with Crippen LogP contribution >= 0.6 is 11.8 Å². The first-order chi connectivity index (χ1) is 17.0. The third-order valence-electron chi connectivity index (χ3n) is 6.33. The maximum absolute atomic E-state index is 12.8. The van der Waals surface area contributed by atoms with Crippen molar-refractivity contribution >= 4 is 35.5 Å². The molecule has 0 aromatic heterocycles. The van der Waals surface area contributed by atoms with E-state index in [-0.39, 0.29) is 18.5 Å². The van der Waals surface area contributed by atoms with Gasteiger partial charge in [-0.25, -0.2) is 0 Å². The van der Waals surface area contributed by atoms with E-state index in [9.17, 15) is 14.7 Å². The Labute approximate surface area is 210 Å². The number of hydrogen-bond acceptors (Lipinski definition) is 7. The number of ether oxygens (including phenoxy) is 1. The maximum Gasteiger partial charge on any atom is 0.317 e. The quantitative estimate of drug-likeness (QED) is 0.514. The molecule has 0 saturated carbocycles. The van der Waals surface area contributed by atoms with Gasteiger partial charge >= 0.3 is 5.97 Å². The zero-order chi connectivity index (χ0) is 24.6. The van der Waals surface area contributed by atoms with E-state index in [1.807, 2.05) is 65.3 Å². The Morgan fingerprint density at radius 2 is 1.94 bits per heavy atom. The minimum absolute atomic E-state index is 0.00408. The van der Waals surface area contributed by atoms with Gasteiger partial charge in [-0.15, -0.1) is 0 Å². The molecule has 4 rings (SSSR count). The SMILES string of the molecule is COCCC1c2ccc(NC(=O)c3ccc(C=NN4CCSCC4)cc3)cc2CCN1CC(=O)O. The summed E-state index contributed by atoms with van der Waals surface area (Å²) >= 11 is 1.95. The Bertz CT molecular complexity index is 1050. The van der Waals surface area contributed by atoms with Gasteiger partial charge in [0.05, 0.1) is 12.8 Å². The fourth-order valence-corrected chi connectivity index (χ4v) is 5.40. The predicted molar refractivity (Wildman–Crippen MR) is 139 cm³/mol. The first kappa shape index (κ1) is 25.2. The molecule has 9 heteroatoms. The van der Waals surface area contributed by atoms with Crippen molar-refractivity contribution in [3.05, 3.63) is 64.7 Å². The Balaban J connectivity index is 1.41. The molecule has 1 atom stereocenters. The molecule has 8 nitrogen and oxygen atoms in total. The van der Waals surface area contributed by atoms with E-state index in [1.54, 1.807) is 7.11 Å². The van der Waals surface area contributed by atoms with Crippen LogP contribution in [0.5, 0.6) is 0 Å². The minimum atomic E-state index is -0.831. The first-order valence-electron chi connectivity index (χ1n) is 11.9. The van der Waals surface area contributed by atoms with Crippen molar-refractivity contribution < 1.29 is 19.4 Å². The topological polar surface area (TPSA) is 94.5 Å². The lowest BCUT2D eigenvalue weighted by Gasteiger charge is -2.36. The van der Waals surface area contributed by atoms with Crippen LogP contribution in [0.15, 0.2) is 47.6 Å². The van der Waals surface area contributed by atoms with Gasteiger partial charge in [0.2, 0.25) is 0 Å². The average Bonchev–Trinajstić information content (AvgIpc) is 2.87. The molecule has 2 aliphatic rings. The number of anilines is 1. The maximum atomic E-state index is 12.8. The largest absolute Gasteiger partial charge is 0.480 e. The minimum Gasteiger partial charge on any atom is -0.480 e. The number of methoxy groups -OCH3 is 1. The summed E-state index contributed by atoms with van der Waals surface area (Å²) in [6, 6.07) is 13.3. The van der Waals surface area contributed by atoms with Crippen LogP contribution in [0.4, 0.5) is 5.69 Å². The number of carboxylic acids is 1. The van der Waals surface area contributed by atoms with Crippen LogP contribution in [0.25, 0.3) is 0 Å². The zero-order valence-corrected chi connectivity index (χ0v) is 20.8. The molecular formula is C26H32N4O4S. The number of carboxylic acid groups (broad SMARTS) is 1. The van der Waals surface area contributed by atoms with Gasteiger partial charge in [-0.1, -0.05) is 18.2 Å². The van der Waals surface area contributed by atoms with E-state index >= 15 is 0 Å². The van der Waals surface area contributed by atoms with Crippen molar-refractivity contribution in [1.29, 1.82) is 0 Å². The molecule has 2 aliphatic heterocycles. The molecule has 0 radical (unpaired) electrons. The van der Waals surface area contributed by atoms with Crippen molar-refractivity contribution in [2.45, 2.75) is 18.9 Å². The summed E-state index contributed by atoms with van der Waals surface area (Å²) in [6.07, 6.45) is 3.29. The van der Waals surface area contributed by atoms with Gasteiger partial charge in [0.1, 0.15) is 0 Å². The van der Waals surface area contributed by atoms with Crippen molar-refractivity contribution in [3.8, 4) is 0 Å². The summed E-state index contributed by atoms with van der Waals surface area (Å²) in [4.78, 5) is 26.1. The van der Waals surface area contributed by atoms with E-state index in [4.69, 9.17) is 4.74 Å². The van der Waals surface area contributed by atoms with Crippen molar-refractivity contribution in [1.82, 2.24) is 9.91 Å². The van der Waals surface area contributed by atoms with E-state index in [0.717, 1.165) is 59.8 Å². The monoisotopic (exact) mass is 496 g/mol. The van der Waals surface area contributed by atoms with Gasteiger partial charge in [-0.05, 0) is 53.8 Å². The van der Waals surface area contributed by atoms with E-state index in [2.05, 4.69) is 15.4 Å². The van der Waals surface area contributed by atoms with Crippen molar-refractivity contribution in [2.24, 2.45) is 5.10 Å². The molecule has 35 heavy (non-hydrogen) atoms. The fraction of sp³-hybridized carbons (Fsp3) is 0.423. The Kier molecular flexibility index (Phi) is 8.79. The Hall–Kier alpha value is -2.88. The summed E-state index contributed by atoms with van der Waals surface area (Å²) in [5.41, 5.74) is 4.51. The van der Waals surface area contributed by atoms with Crippen LogP contribution in [0.2, 0.25) is 0 Å². The summed E-state index contributed by atoms with van der Waals surface area (Å²) in [6.45, 7) is 3.14. The highest BCUT2D eigenvalue weighted by molar-refractivity contribution is 7.99. The molecule has 1 unspecified atom stereocenters. The second kappa shape index (κ2) is 12.2. The number of hydrazone groups is 1. The number of nitrogens with zero attached hydrogens (tertiary/aromatic N) is 3. The van der Waals surface area contributed by atoms with Crippen LogP contribution in [-0.4, -0.2) is 84.5 Å². The normalized spacial score (nSPS) is 18.4. The van der Waals surface area contributed by atoms with Crippen LogP contribution in [-0.2, 0) is 16.0 Å². The summed E-state index contributed by atoms with van der Waals surface area (Å²) in [5, 5.41) is 18.9. The number of thioether (sulfide) groups is 1. The van der Waals surface area contributed by atoms with Crippen LogP contribution in [0, 0.1) is 0 Å². The highest BCUT2D eigenvalue weighted by Gasteiger charge is 2.28. The number of rotatable bonds is 9. The number of carbonyl (C=O) groups is 2. The number of benzene rings is 2. The zero-order valence-electron chi connectivity index (χ0n) is 20.0. The number of fused-ring (bicyclic) bond motifs is 1. The highest BCUT2D eigenvalue weighted by Crippen LogP contribution is 2.33. The molecule has 2 heterocycles.